The molecule has 1 atom stereocenters. The Bertz CT molecular complexity index is 534. The van der Waals surface area contributed by atoms with Crippen molar-refractivity contribution in [2.75, 3.05) is 7.05 Å². The van der Waals surface area contributed by atoms with Gasteiger partial charge in [0.15, 0.2) is 0 Å². The molecule has 0 aliphatic carbocycles. The minimum Gasteiger partial charge on any atom is -0.308 e. The molecule has 0 bridgehead atoms. The number of hydrogen-bond donors (Lipinski definition) is 1. The van der Waals surface area contributed by atoms with Crippen molar-refractivity contribution in [3.63, 3.8) is 0 Å². The second-order valence-corrected chi connectivity index (χ2v) is 5.18. The Balaban J connectivity index is 2.48. The SMILES string of the molecule is CCn1ncc(Br)c1C(NC)c1cccc(C)c1. The summed E-state index contributed by atoms with van der Waals surface area (Å²) < 4.78 is 3.07. The van der Waals surface area contributed by atoms with Gasteiger partial charge >= 0.3 is 0 Å². The number of aryl methyl sites for hydroxylation is 2. The van der Waals surface area contributed by atoms with Crippen LogP contribution in [0, 0.1) is 6.92 Å². The highest BCUT2D eigenvalue weighted by molar-refractivity contribution is 9.10. The van der Waals surface area contributed by atoms with Gasteiger partial charge in [-0.3, -0.25) is 4.68 Å². The molecule has 96 valence electrons. The van der Waals surface area contributed by atoms with Gasteiger partial charge in [0.25, 0.3) is 0 Å². The number of benzene rings is 1. The van der Waals surface area contributed by atoms with E-state index in [0.717, 1.165) is 11.0 Å². The fraction of sp³-hybridized carbons (Fsp3) is 0.357. The Hall–Kier alpha value is -1.13. The highest BCUT2D eigenvalue weighted by Gasteiger charge is 2.19. The number of halogens is 1. The zero-order valence-corrected chi connectivity index (χ0v) is 12.5. The molecular formula is C14H18BrN3. The molecule has 1 aromatic carbocycles. The normalized spacial score (nSPS) is 12.7. The van der Waals surface area contributed by atoms with E-state index in [1.165, 1.54) is 16.8 Å². The molecule has 1 heterocycles. The fourth-order valence-electron chi connectivity index (χ4n) is 2.22. The smallest absolute Gasteiger partial charge is 0.0757 e. The standard InChI is InChI=1S/C14H18BrN3/c1-4-18-14(12(15)9-17-18)13(16-3)11-7-5-6-10(2)8-11/h5-9,13,16H,4H2,1-3H3. The molecule has 1 aromatic heterocycles. The lowest BCUT2D eigenvalue weighted by Gasteiger charge is -2.19. The molecule has 0 aliphatic rings. The van der Waals surface area contributed by atoms with Gasteiger partial charge in [0.1, 0.15) is 0 Å². The third-order valence-corrected chi connectivity index (χ3v) is 3.68. The molecule has 2 rings (SSSR count). The summed E-state index contributed by atoms with van der Waals surface area (Å²) in [5.74, 6) is 0. The quantitative estimate of drug-likeness (QED) is 0.939. The molecule has 0 fully saturated rings. The van der Waals surface area contributed by atoms with Gasteiger partial charge in [-0.15, -0.1) is 0 Å². The van der Waals surface area contributed by atoms with Crippen LogP contribution in [-0.4, -0.2) is 16.8 Å². The molecule has 0 amide bonds. The Morgan fingerprint density at radius 2 is 2.22 bits per heavy atom. The largest absolute Gasteiger partial charge is 0.308 e. The molecule has 0 aliphatic heterocycles. The molecule has 2 aromatic rings. The molecule has 0 saturated carbocycles. The first-order chi connectivity index (χ1) is 8.67. The summed E-state index contributed by atoms with van der Waals surface area (Å²) in [4.78, 5) is 0. The van der Waals surface area contributed by atoms with Crippen molar-refractivity contribution in [3.05, 3.63) is 51.8 Å². The topological polar surface area (TPSA) is 29.9 Å². The summed E-state index contributed by atoms with van der Waals surface area (Å²) in [6, 6.07) is 8.72. The minimum atomic E-state index is 0.154. The maximum absolute atomic E-state index is 4.38. The average molecular weight is 308 g/mol. The van der Waals surface area contributed by atoms with E-state index in [2.05, 4.69) is 64.5 Å². The summed E-state index contributed by atoms with van der Waals surface area (Å²) in [5.41, 5.74) is 3.70. The van der Waals surface area contributed by atoms with Gasteiger partial charge in [-0.1, -0.05) is 29.8 Å². The predicted octanol–water partition coefficient (Wildman–Crippen LogP) is 3.28. The molecule has 3 nitrogen and oxygen atoms in total. The van der Waals surface area contributed by atoms with Gasteiger partial charge in [0.05, 0.1) is 22.4 Å². The number of aromatic nitrogens is 2. The Morgan fingerprint density at radius 1 is 1.44 bits per heavy atom. The van der Waals surface area contributed by atoms with E-state index in [1.807, 2.05) is 17.9 Å². The average Bonchev–Trinajstić information content (AvgIpc) is 2.72. The van der Waals surface area contributed by atoms with Gasteiger partial charge in [0, 0.05) is 6.54 Å². The second-order valence-electron chi connectivity index (χ2n) is 4.33. The Labute approximate surface area is 116 Å². The first-order valence-electron chi connectivity index (χ1n) is 6.12. The summed E-state index contributed by atoms with van der Waals surface area (Å²) >= 11 is 3.59. The number of hydrogen-bond acceptors (Lipinski definition) is 2. The highest BCUT2D eigenvalue weighted by atomic mass is 79.9. The van der Waals surface area contributed by atoms with Crippen LogP contribution in [0.15, 0.2) is 34.9 Å². The molecule has 18 heavy (non-hydrogen) atoms. The van der Waals surface area contributed by atoms with Crippen molar-refractivity contribution in [1.29, 1.82) is 0 Å². The van der Waals surface area contributed by atoms with Crippen LogP contribution < -0.4 is 5.32 Å². The van der Waals surface area contributed by atoms with Crippen LogP contribution in [0.4, 0.5) is 0 Å². The van der Waals surface area contributed by atoms with Crippen LogP contribution in [0.1, 0.15) is 29.8 Å². The van der Waals surface area contributed by atoms with Crippen LogP contribution in [-0.2, 0) is 6.54 Å². The Kier molecular flexibility index (Phi) is 4.19. The molecule has 0 saturated heterocycles. The maximum Gasteiger partial charge on any atom is 0.0757 e. The van der Waals surface area contributed by atoms with Crippen LogP contribution in [0.2, 0.25) is 0 Å². The van der Waals surface area contributed by atoms with Gasteiger partial charge in [-0.05, 0) is 42.4 Å². The van der Waals surface area contributed by atoms with Crippen LogP contribution in [0.5, 0.6) is 0 Å². The lowest BCUT2D eigenvalue weighted by atomic mass is 10.0. The third-order valence-electron chi connectivity index (χ3n) is 3.07. The number of rotatable bonds is 4. The lowest BCUT2D eigenvalue weighted by Crippen LogP contribution is -2.21. The van der Waals surface area contributed by atoms with E-state index in [9.17, 15) is 0 Å². The molecule has 4 heteroatoms. The van der Waals surface area contributed by atoms with Crippen molar-refractivity contribution in [1.82, 2.24) is 15.1 Å². The van der Waals surface area contributed by atoms with Crippen LogP contribution >= 0.6 is 15.9 Å². The van der Waals surface area contributed by atoms with Crippen LogP contribution in [0.3, 0.4) is 0 Å². The molecule has 1 unspecified atom stereocenters. The van der Waals surface area contributed by atoms with Gasteiger partial charge in [-0.25, -0.2) is 0 Å². The van der Waals surface area contributed by atoms with E-state index in [4.69, 9.17) is 0 Å². The van der Waals surface area contributed by atoms with Crippen molar-refractivity contribution in [2.45, 2.75) is 26.4 Å². The van der Waals surface area contributed by atoms with E-state index in [1.54, 1.807) is 0 Å². The highest BCUT2D eigenvalue weighted by Crippen LogP contribution is 2.28. The maximum atomic E-state index is 4.38. The van der Waals surface area contributed by atoms with Gasteiger partial charge < -0.3 is 5.32 Å². The predicted molar refractivity (Wildman–Crippen MR) is 77.7 cm³/mol. The van der Waals surface area contributed by atoms with E-state index in [0.29, 0.717) is 0 Å². The van der Waals surface area contributed by atoms with E-state index >= 15 is 0 Å². The summed E-state index contributed by atoms with van der Waals surface area (Å²) in [7, 11) is 1.98. The van der Waals surface area contributed by atoms with Crippen molar-refractivity contribution in [3.8, 4) is 0 Å². The molecule has 0 radical (unpaired) electrons. The third kappa shape index (κ3) is 2.49. The Morgan fingerprint density at radius 3 is 2.83 bits per heavy atom. The van der Waals surface area contributed by atoms with E-state index < -0.39 is 0 Å². The molecular weight excluding hydrogens is 290 g/mol. The zero-order valence-electron chi connectivity index (χ0n) is 10.9. The first kappa shape index (κ1) is 13.3. The molecule has 1 N–H and O–H groups in total. The van der Waals surface area contributed by atoms with Crippen molar-refractivity contribution < 1.29 is 0 Å². The lowest BCUT2D eigenvalue weighted by molar-refractivity contribution is 0.561. The zero-order chi connectivity index (χ0) is 13.1. The van der Waals surface area contributed by atoms with Gasteiger partial charge in [0.2, 0.25) is 0 Å². The fourth-order valence-corrected chi connectivity index (χ4v) is 2.75. The molecule has 0 spiro atoms. The van der Waals surface area contributed by atoms with Crippen LogP contribution in [0.25, 0.3) is 0 Å². The first-order valence-corrected chi connectivity index (χ1v) is 6.91. The van der Waals surface area contributed by atoms with E-state index in [-0.39, 0.29) is 6.04 Å². The minimum absolute atomic E-state index is 0.154. The second kappa shape index (κ2) is 5.67. The summed E-state index contributed by atoms with van der Waals surface area (Å²) in [6.45, 7) is 5.08. The van der Waals surface area contributed by atoms with Crippen molar-refractivity contribution in [2.24, 2.45) is 0 Å². The summed E-state index contributed by atoms with van der Waals surface area (Å²) in [5, 5.41) is 7.75. The van der Waals surface area contributed by atoms with Gasteiger partial charge in [-0.2, -0.15) is 5.10 Å². The summed E-state index contributed by atoms with van der Waals surface area (Å²) in [6.07, 6.45) is 1.86. The number of nitrogens with zero attached hydrogens (tertiary/aromatic N) is 2. The van der Waals surface area contributed by atoms with Crippen molar-refractivity contribution >= 4 is 15.9 Å². The number of nitrogens with one attached hydrogen (secondary N) is 1. The monoisotopic (exact) mass is 307 g/mol.